The van der Waals surface area contributed by atoms with Crippen molar-refractivity contribution >= 4 is 37.1 Å². The molecule has 2 rings (SSSR count). The van der Waals surface area contributed by atoms with Gasteiger partial charge in [0.05, 0.1) is 9.82 Å². The van der Waals surface area contributed by atoms with E-state index < -0.39 is 14.8 Å². The molecular formula is C15H15BrN2O4S. The molecule has 1 N–H and O–H groups in total. The lowest BCUT2D eigenvalue weighted by Gasteiger charge is -2.10. The van der Waals surface area contributed by atoms with E-state index in [2.05, 4.69) is 21.2 Å². The summed E-state index contributed by atoms with van der Waals surface area (Å²) in [6.45, 7) is 2.07. The Morgan fingerprint density at radius 2 is 1.91 bits per heavy atom. The lowest BCUT2D eigenvalue weighted by Crippen LogP contribution is -2.05. The zero-order chi connectivity index (χ0) is 17.2. The maximum atomic E-state index is 11.6. The molecule has 0 saturated heterocycles. The molecule has 0 aliphatic rings. The molecule has 0 spiro atoms. The van der Waals surface area contributed by atoms with E-state index in [0.717, 1.165) is 16.3 Å². The van der Waals surface area contributed by atoms with Gasteiger partial charge in [-0.2, -0.15) is 0 Å². The molecule has 0 aliphatic carbocycles. The smallest absolute Gasteiger partial charge is 0.292 e. The first-order chi connectivity index (χ1) is 10.7. The predicted octanol–water partition coefficient (Wildman–Crippen LogP) is 3.68. The molecule has 0 fully saturated rings. The second kappa shape index (κ2) is 6.67. The Hall–Kier alpha value is -1.93. The molecule has 0 atom stereocenters. The van der Waals surface area contributed by atoms with Gasteiger partial charge in [-0.05, 0) is 36.2 Å². The molecule has 6 nitrogen and oxygen atoms in total. The Morgan fingerprint density at radius 1 is 1.22 bits per heavy atom. The van der Waals surface area contributed by atoms with Gasteiger partial charge in [-0.1, -0.05) is 28.1 Å². The standard InChI is InChI=1S/C15H15BrN2O4S/c1-10-7-11(3-6-15(10)23(2,21)22)9-17-13-8-12(16)4-5-14(13)18(19)20/h3-8,17H,9H2,1-2H3. The van der Waals surface area contributed by atoms with E-state index in [-0.39, 0.29) is 10.6 Å². The van der Waals surface area contributed by atoms with Crippen LogP contribution in [0.5, 0.6) is 0 Å². The van der Waals surface area contributed by atoms with E-state index in [0.29, 0.717) is 17.8 Å². The Bertz CT molecular complexity index is 866. The Morgan fingerprint density at radius 3 is 2.48 bits per heavy atom. The van der Waals surface area contributed by atoms with Crippen LogP contribution in [0.2, 0.25) is 0 Å². The van der Waals surface area contributed by atoms with Crippen molar-refractivity contribution in [3.8, 4) is 0 Å². The number of anilines is 1. The number of halogens is 1. The first kappa shape index (κ1) is 17.4. The predicted molar refractivity (Wildman–Crippen MR) is 92.4 cm³/mol. The maximum absolute atomic E-state index is 11.6. The highest BCUT2D eigenvalue weighted by Crippen LogP contribution is 2.28. The van der Waals surface area contributed by atoms with Crippen molar-refractivity contribution in [1.29, 1.82) is 0 Å². The van der Waals surface area contributed by atoms with Crippen molar-refractivity contribution in [2.75, 3.05) is 11.6 Å². The first-order valence-electron chi connectivity index (χ1n) is 6.66. The minimum atomic E-state index is -3.26. The van der Waals surface area contributed by atoms with E-state index in [1.54, 1.807) is 37.3 Å². The van der Waals surface area contributed by atoms with E-state index in [1.807, 2.05) is 0 Å². The molecule has 8 heteroatoms. The maximum Gasteiger partial charge on any atom is 0.292 e. The summed E-state index contributed by atoms with van der Waals surface area (Å²) in [6, 6.07) is 9.67. The molecule has 0 saturated carbocycles. The summed E-state index contributed by atoms with van der Waals surface area (Å²) in [5, 5.41) is 14.1. The SMILES string of the molecule is Cc1cc(CNc2cc(Br)ccc2[N+](=O)[O-])ccc1S(C)(=O)=O. The zero-order valence-electron chi connectivity index (χ0n) is 12.5. The first-order valence-corrected chi connectivity index (χ1v) is 9.34. The topological polar surface area (TPSA) is 89.3 Å². The third-order valence-corrected chi connectivity index (χ3v) is 5.03. The summed E-state index contributed by atoms with van der Waals surface area (Å²) < 4.78 is 23.9. The van der Waals surface area contributed by atoms with E-state index in [1.165, 1.54) is 6.07 Å². The van der Waals surface area contributed by atoms with Gasteiger partial charge in [-0.3, -0.25) is 10.1 Å². The monoisotopic (exact) mass is 398 g/mol. The third kappa shape index (κ3) is 4.29. The molecule has 122 valence electrons. The highest BCUT2D eigenvalue weighted by Gasteiger charge is 2.14. The van der Waals surface area contributed by atoms with Crippen LogP contribution in [0, 0.1) is 17.0 Å². The number of nitro groups is 1. The van der Waals surface area contributed by atoms with Crippen molar-refractivity contribution in [2.24, 2.45) is 0 Å². The lowest BCUT2D eigenvalue weighted by atomic mass is 10.1. The molecular weight excluding hydrogens is 384 g/mol. The Labute approximate surface area is 142 Å². The summed E-state index contributed by atoms with van der Waals surface area (Å²) in [6.07, 6.45) is 1.16. The van der Waals surface area contributed by atoms with E-state index in [9.17, 15) is 18.5 Å². The normalized spacial score (nSPS) is 11.3. The molecule has 2 aromatic rings. The van der Waals surface area contributed by atoms with Crippen LogP contribution in [0.1, 0.15) is 11.1 Å². The number of hydrogen-bond donors (Lipinski definition) is 1. The van der Waals surface area contributed by atoms with Crippen LogP contribution < -0.4 is 5.32 Å². The molecule has 0 radical (unpaired) electrons. The molecule has 0 heterocycles. The second-order valence-electron chi connectivity index (χ2n) is 5.14. The molecule has 0 aromatic heterocycles. The number of hydrogen-bond acceptors (Lipinski definition) is 5. The number of nitrogens with zero attached hydrogens (tertiary/aromatic N) is 1. The van der Waals surface area contributed by atoms with E-state index >= 15 is 0 Å². The molecule has 0 unspecified atom stereocenters. The summed E-state index contributed by atoms with van der Waals surface area (Å²) in [4.78, 5) is 10.9. The average Bonchev–Trinajstić information content (AvgIpc) is 2.43. The van der Waals surface area contributed by atoms with Crippen LogP contribution >= 0.6 is 15.9 Å². The fraction of sp³-hybridized carbons (Fsp3) is 0.200. The molecule has 0 bridgehead atoms. The van der Waals surface area contributed by atoms with Crippen LogP contribution in [0.15, 0.2) is 45.8 Å². The minimum Gasteiger partial charge on any atom is -0.375 e. The largest absolute Gasteiger partial charge is 0.375 e. The van der Waals surface area contributed by atoms with Crippen molar-refractivity contribution in [2.45, 2.75) is 18.4 Å². The molecule has 23 heavy (non-hydrogen) atoms. The van der Waals surface area contributed by atoms with Gasteiger partial charge in [-0.15, -0.1) is 0 Å². The van der Waals surface area contributed by atoms with Crippen LogP contribution in [-0.2, 0) is 16.4 Å². The summed E-state index contributed by atoms with van der Waals surface area (Å²) >= 11 is 3.29. The van der Waals surface area contributed by atoms with Crippen LogP contribution in [-0.4, -0.2) is 19.6 Å². The summed E-state index contributed by atoms with van der Waals surface area (Å²) in [5.74, 6) is 0. The van der Waals surface area contributed by atoms with Gasteiger partial charge in [0.1, 0.15) is 5.69 Å². The van der Waals surface area contributed by atoms with Crippen LogP contribution in [0.25, 0.3) is 0 Å². The fourth-order valence-corrected chi connectivity index (χ4v) is 3.56. The lowest BCUT2D eigenvalue weighted by molar-refractivity contribution is -0.384. The minimum absolute atomic E-state index is 0.0160. The third-order valence-electron chi connectivity index (χ3n) is 3.28. The second-order valence-corrected chi connectivity index (χ2v) is 8.04. The summed E-state index contributed by atoms with van der Waals surface area (Å²) in [7, 11) is -3.26. The van der Waals surface area contributed by atoms with Gasteiger partial charge in [0.2, 0.25) is 0 Å². The number of benzene rings is 2. The molecule has 0 amide bonds. The number of sulfone groups is 1. The van der Waals surface area contributed by atoms with Gasteiger partial charge >= 0.3 is 0 Å². The fourth-order valence-electron chi connectivity index (χ4n) is 2.24. The zero-order valence-corrected chi connectivity index (χ0v) is 14.9. The number of nitrogens with one attached hydrogen (secondary N) is 1. The van der Waals surface area contributed by atoms with Crippen LogP contribution in [0.3, 0.4) is 0 Å². The number of aryl methyl sites for hydroxylation is 1. The van der Waals surface area contributed by atoms with Crippen molar-refractivity contribution in [3.63, 3.8) is 0 Å². The quantitative estimate of drug-likeness (QED) is 0.612. The van der Waals surface area contributed by atoms with Crippen molar-refractivity contribution in [1.82, 2.24) is 0 Å². The van der Waals surface area contributed by atoms with Gasteiger partial charge in [-0.25, -0.2) is 8.42 Å². The Kier molecular flexibility index (Phi) is 5.06. The van der Waals surface area contributed by atoms with Crippen molar-refractivity contribution in [3.05, 3.63) is 62.1 Å². The summed E-state index contributed by atoms with van der Waals surface area (Å²) in [5.41, 5.74) is 1.87. The molecule has 0 aliphatic heterocycles. The van der Waals surface area contributed by atoms with Gasteiger partial charge in [0.15, 0.2) is 9.84 Å². The van der Waals surface area contributed by atoms with Gasteiger partial charge < -0.3 is 5.32 Å². The Balaban J connectivity index is 2.24. The van der Waals surface area contributed by atoms with Gasteiger partial charge in [0.25, 0.3) is 5.69 Å². The van der Waals surface area contributed by atoms with Crippen molar-refractivity contribution < 1.29 is 13.3 Å². The number of rotatable bonds is 5. The average molecular weight is 399 g/mol. The van der Waals surface area contributed by atoms with E-state index in [4.69, 9.17) is 0 Å². The highest BCUT2D eigenvalue weighted by atomic mass is 79.9. The molecule has 2 aromatic carbocycles. The number of nitro benzene ring substituents is 1. The van der Waals surface area contributed by atoms with Crippen LogP contribution in [0.4, 0.5) is 11.4 Å². The highest BCUT2D eigenvalue weighted by molar-refractivity contribution is 9.10. The van der Waals surface area contributed by atoms with Gasteiger partial charge in [0, 0.05) is 23.3 Å².